The van der Waals surface area contributed by atoms with E-state index in [1.165, 1.54) is 23.5 Å². The third kappa shape index (κ3) is 5.61. The lowest BCUT2D eigenvalue weighted by molar-refractivity contribution is -0.386. The van der Waals surface area contributed by atoms with Crippen LogP contribution in [0.3, 0.4) is 0 Å². The summed E-state index contributed by atoms with van der Waals surface area (Å²) in [6.07, 6.45) is 0. The zero-order chi connectivity index (χ0) is 24.2. The van der Waals surface area contributed by atoms with E-state index in [2.05, 4.69) is 5.32 Å². The smallest absolute Gasteiger partial charge is 0.317 e. The lowest BCUT2D eigenvalue weighted by Gasteiger charge is -2.34. The van der Waals surface area contributed by atoms with Gasteiger partial charge >= 0.3 is 11.7 Å². The van der Waals surface area contributed by atoms with Crippen molar-refractivity contribution in [2.45, 2.75) is 10.9 Å². The predicted octanol–water partition coefficient (Wildman–Crippen LogP) is 1.98. The van der Waals surface area contributed by atoms with Crippen LogP contribution in [0.15, 0.2) is 39.9 Å². The van der Waals surface area contributed by atoms with Crippen molar-refractivity contribution in [3.05, 3.63) is 50.7 Å². The summed E-state index contributed by atoms with van der Waals surface area (Å²) in [5.41, 5.74) is 0.701. The fourth-order valence-electron chi connectivity index (χ4n) is 3.61. The first kappa shape index (κ1) is 24.9. The first-order valence-electron chi connectivity index (χ1n) is 10.2. The molecule has 2 aromatic rings. The molecule has 33 heavy (non-hydrogen) atoms. The molecule has 1 fully saturated rings. The second-order valence-electron chi connectivity index (χ2n) is 7.70. The minimum atomic E-state index is -3.95. The summed E-state index contributed by atoms with van der Waals surface area (Å²) in [6.45, 7) is 1.05. The number of rotatable bonds is 8. The zero-order valence-corrected chi connectivity index (χ0v) is 20.3. The van der Waals surface area contributed by atoms with Crippen molar-refractivity contribution in [3.63, 3.8) is 0 Å². The number of hydrogen-bond acceptors (Lipinski definition) is 8. The van der Waals surface area contributed by atoms with Crippen LogP contribution in [0, 0.1) is 10.1 Å². The number of ether oxygens (including phenoxy) is 1. The third-order valence-electron chi connectivity index (χ3n) is 5.51. The van der Waals surface area contributed by atoms with E-state index >= 15 is 0 Å². The highest BCUT2D eigenvalue weighted by Gasteiger charge is 2.32. The van der Waals surface area contributed by atoms with Crippen LogP contribution in [0.2, 0.25) is 0 Å². The molecule has 1 saturated heterocycles. The third-order valence-corrected chi connectivity index (χ3v) is 8.10. The number of likely N-dealkylation sites (N-methyl/N-ethyl adjacent to an activating group) is 1. The Kier molecular flexibility index (Phi) is 7.89. The number of nitrogens with zero attached hydrogens (tertiary/aromatic N) is 4. The Labute approximate surface area is 196 Å². The Morgan fingerprint density at radius 3 is 2.52 bits per heavy atom. The molecule has 1 aliphatic heterocycles. The monoisotopic (exact) mass is 497 g/mol. The molecule has 2 amide bonds. The van der Waals surface area contributed by atoms with Crippen LogP contribution >= 0.6 is 11.3 Å². The summed E-state index contributed by atoms with van der Waals surface area (Å²) < 4.78 is 32.2. The topological polar surface area (TPSA) is 125 Å². The van der Waals surface area contributed by atoms with Gasteiger partial charge in [0.15, 0.2) is 5.75 Å². The Morgan fingerprint density at radius 1 is 1.27 bits per heavy atom. The van der Waals surface area contributed by atoms with Gasteiger partial charge in [0, 0.05) is 38.8 Å². The Balaban J connectivity index is 1.61. The van der Waals surface area contributed by atoms with E-state index in [1.54, 1.807) is 16.2 Å². The predicted molar refractivity (Wildman–Crippen MR) is 124 cm³/mol. The van der Waals surface area contributed by atoms with Gasteiger partial charge < -0.3 is 19.9 Å². The van der Waals surface area contributed by atoms with E-state index in [0.717, 1.165) is 11.6 Å². The summed E-state index contributed by atoms with van der Waals surface area (Å²) in [6, 6.07) is 5.35. The molecule has 0 radical (unpaired) electrons. The molecule has 0 bridgehead atoms. The Hall–Kier alpha value is -2.74. The van der Waals surface area contributed by atoms with Gasteiger partial charge in [-0.25, -0.2) is 13.2 Å². The summed E-state index contributed by atoms with van der Waals surface area (Å²) in [5.74, 6) is -0.0149. The molecule has 11 nitrogen and oxygen atoms in total. The lowest BCUT2D eigenvalue weighted by Crippen LogP contribution is -2.53. The van der Waals surface area contributed by atoms with Crippen molar-refractivity contribution in [2.24, 2.45) is 0 Å². The minimum absolute atomic E-state index is 0.0149. The normalized spacial score (nSPS) is 15.9. The number of methoxy groups -OCH3 is 1. The summed E-state index contributed by atoms with van der Waals surface area (Å²) in [4.78, 5) is 26.6. The number of hydrogen-bond donors (Lipinski definition) is 1. The molecule has 0 saturated carbocycles. The van der Waals surface area contributed by atoms with Crippen molar-refractivity contribution < 1.29 is 22.9 Å². The number of piperazine rings is 1. The molecule has 3 rings (SSSR count). The van der Waals surface area contributed by atoms with Crippen LogP contribution in [-0.4, -0.2) is 87.4 Å². The van der Waals surface area contributed by atoms with Gasteiger partial charge in [-0.3, -0.25) is 10.1 Å². The molecule has 1 N–H and O–H groups in total. The van der Waals surface area contributed by atoms with Crippen LogP contribution in [0.25, 0.3) is 0 Å². The van der Waals surface area contributed by atoms with E-state index in [1.807, 2.05) is 35.8 Å². The van der Waals surface area contributed by atoms with Gasteiger partial charge in [-0.05, 0) is 48.6 Å². The number of thiophene rings is 1. The number of urea groups is 1. The number of nitrogens with one attached hydrogen (secondary N) is 1. The number of benzene rings is 1. The molecule has 180 valence electrons. The van der Waals surface area contributed by atoms with E-state index in [0.29, 0.717) is 6.54 Å². The van der Waals surface area contributed by atoms with Gasteiger partial charge in [-0.2, -0.15) is 15.6 Å². The second-order valence-corrected chi connectivity index (χ2v) is 10.4. The fourth-order valence-corrected chi connectivity index (χ4v) is 5.76. The molecule has 1 atom stereocenters. The molecule has 1 aromatic carbocycles. The van der Waals surface area contributed by atoms with E-state index < -0.39 is 20.6 Å². The number of amides is 2. The summed E-state index contributed by atoms with van der Waals surface area (Å²) in [7, 11) is 1.22. The fraction of sp³-hybridized carbons (Fsp3) is 0.450. The maximum Gasteiger partial charge on any atom is 0.317 e. The Morgan fingerprint density at radius 2 is 1.97 bits per heavy atom. The molecule has 0 unspecified atom stereocenters. The average Bonchev–Trinajstić information content (AvgIpc) is 3.32. The molecule has 0 spiro atoms. The van der Waals surface area contributed by atoms with Gasteiger partial charge in [0.1, 0.15) is 0 Å². The molecular formula is C20H27N5O6S2. The van der Waals surface area contributed by atoms with Gasteiger partial charge in [0.25, 0.3) is 0 Å². The number of sulfonamides is 1. The first-order chi connectivity index (χ1) is 15.6. The number of carbonyl (C=O) groups is 1. The van der Waals surface area contributed by atoms with Gasteiger partial charge in [0.05, 0.1) is 23.0 Å². The Bertz CT molecular complexity index is 1080. The molecular weight excluding hydrogens is 470 g/mol. The quantitative estimate of drug-likeness (QED) is 0.437. The van der Waals surface area contributed by atoms with E-state index in [-0.39, 0.29) is 48.9 Å². The van der Waals surface area contributed by atoms with Crippen LogP contribution in [-0.2, 0) is 10.0 Å². The molecule has 1 aliphatic rings. The highest BCUT2D eigenvalue weighted by atomic mass is 32.2. The zero-order valence-electron chi connectivity index (χ0n) is 18.6. The summed E-state index contributed by atoms with van der Waals surface area (Å²) in [5, 5.41) is 18.2. The molecule has 2 heterocycles. The van der Waals surface area contributed by atoms with Gasteiger partial charge in [0.2, 0.25) is 10.0 Å². The van der Waals surface area contributed by atoms with Crippen molar-refractivity contribution in [1.29, 1.82) is 0 Å². The van der Waals surface area contributed by atoms with Crippen molar-refractivity contribution in [2.75, 3.05) is 53.9 Å². The van der Waals surface area contributed by atoms with Gasteiger partial charge in [-0.15, -0.1) is 0 Å². The molecule has 0 aliphatic carbocycles. The van der Waals surface area contributed by atoms with Crippen LogP contribution in [0.4, 0.5) is 10.5 Å². The highest BCUT2D eigenvalue weighted by Crippen LogP contribution is 2.30. The summed E-state index contributed by atoms with van der Waals surface area (Å²) >= 11 is 1.60. The van der Waals surface area contributed by atoms with E-state index in [4.69, 9.17) is 4.74 Å². The first-order valence-corrected chi connectivity index (χ1v) is 12.6. The maximum atomic E-state index is 13.0. The van der Waals surface area contributed by atoms with Crippen molar-refractivity contribution in [1.82, 2.24) is 19.4 Å². The largest absolute Gasteiger partial charge is 0.490 e. The van der Waals surface area contributed by atoms with Crippen LogP contribution in [0.5, 0.6) is 5.75 Å². The second kappa shape index (κ2) is 10.5. The van der Waals surface area contributed by atoms with E-state index in [9.17, 15) is 23.3 Å². The maximum absolute atomic E-state index is 13.0. The molecule has 1 aromatic heterocycles. The number of carbonyl (C=O) groups excluding carboxylic acids is 1. The van der Waals surface area contributed by atoms with Crippen molar-refractivity contribution >= 4 is 33.1 Å². The van der Waals surface area contributed by atoms with Crippen molar-refractivity contribution in [3.8, 4) is 5.75 Å². The number of nitro groups is 1. The van der Waals surface area contributed by atoms with Crippen LogP contribution < -0.4 is 10.1 Å². The highest BCUT2D eigenvalue weighted by molar-refractivity contribution is 7.89. The minimum Gasteiger partial charge on any atom is -0.490 e. The molecule has 13 heteroatoms. The van der Waals surface area contributed by atoms with Gasteiger partial charge in [-0.1, -0.05) is 0 Å². The standard InChI is InChI=1S/C20H27N5O6S2/c1-22(2)18(15-6-11-32-14-15)13-21-20(26)23-7-9-24(10-8-23)33(29,30)16-4-5-19(31-3)17(12-16)25(27)28/h4-6,11-12,14,18H,7-10,13H2,1-3H3,(H,21,26)/t18-/m0/s1. The lowest BCUT2D eigenvalue weighted by atomic mass is 10.1. The average molecular weight is 498 g/mol. The SMILES string of the molecule is COc1ccc(S(=O)(=O)N2CCN(C(=O)NC[C@@H](c3ccsc3)N(C)C)CC2)cc1[N+](=O)[O-]. The van der Waals surface area contributed by atoms with Crippen LogP contribution in [0.1, 0.15) is 11.6 Å². The number of nitro benzene ring substituents is 1.